The average molecular weight is 385 g/mol. The summed E-state index contributed by atoms with van der Waals surface area (Å²) in [6.45, 7) is 11.0. The summed E-state index contributed by atoms with van der Waals surface area (Å²) in [5, 5.41) is 0. The summed E-state index contributed by atoms with van der Waals surface area (Å²) in [7, 11) is 9.92. The van der Waals surface area contributed by atoms with Crippen LogP contribution >= 0.6 is 17.2 Å². The molecule has 13 heavy (non-hydrogen) atoms. The van der Waals surface area contributed by atoms with Crippen LogP contribution in [0.15, 0.2) is 22.3 Å². The van der Waals surface area contributed by atoms with Crippen molar-refractivity contribution in [2.75, 3.05) is 0 Å². The molecule has 1 aliphatic rings. The minimum absolute atomic E-state index is 0.972. The Morgan fingerprint density at radius 3 is 1.00 bits per heavy atom. The molecule has 0 bridgehead atoms. The standard InChI is InChI=1S/C10H15.2ClH.Hf/c1-6-7(2)9(4)10(5)8(6)3;;;/h1-5H3;2*1H;/q;;;+2/p-2. The number of halogens is 2. The molecular weight excluding hydrogens is 370 g/mol. The van der Waals surface area contributed by atoms with Gasteiger partial charge in [-0.3, -0.25) is 0 Å². The van der Waals surface area contributed by atoms with Gasteiger partial charge < -0.3 is 0 Å². The Bertz CT molecular complexity index is 217. The molecule has 73 valence electrons. The van der Waals surface area contributed by atoms with E-state index in [1.165, 1.54) is 28.2 Å². The van der Waals surface area contributed by atoms with E-state index in [1.807, 2.05) is 0 Å². The fourth-order valence-corrected chi connectivity index (χ4v) is 1.41. The third-order valence-corrected chi connectivity index (χ3v) is 2.81. The second-order valence-corrected chi connectivity index (χ2v) is 8.39. The number of allylic oxidation sites excluding steroid dienone is 4. The summed E-state index contributed by atoms with van der Waals surface area (Å²) >= 11 is -0.972. The maximum atomic E-state index is 4.96. The molecule has 0 unspecified atom stereocenters. The molecule has 0 saturated heterocycles. The van der Waals surface area contributed by atoms with Crippen LogP contribution < -0.4 is 0 Å². The quantitative estimate of drug-likeness (QED) is 0.534. The van der Waals surface area contributed by atoms with Gasteiger partial charge >= 0.3 is 37.7 Å². The van der Waals surface area contributed by atoms with Crippen LogP contribution in [0.2, 0.25) is 0 Å². The summed E-state index contributed by atoms with van der Waals surface area (Å²) in [5.74, 6) is 1.47. The molecule has 0 saturated carbocycles. The second kappa shape index (κ2) is 6.42. The summed E-state index contributed by atoms with van der Waals surface area (Å²) in [6.07, 6.45) is 0. The zero-order valence-electron chi connectivity index (χ0n) is 8.76. The number of hydrogen-bond acceptors (Lipinski definition) is 0. The molecule has 0 aromatic rings. The average Bonchev–Trinajstić information content (AvgIpc) is 2.25. The van der Waals surface area contributed by atoms with Crippen LogP contribution in [0.4, 0.5) is 0 Å². The first-order valence-corrected chi connectivity index (χ1v) is 13.0. The Hall–Kier alpha value is 0.930. The van der Waals surface area contributed by atoms with Crippen LogP contribution in [0, 0.1) is 5.92 Å². The van der Waals surface area contributed by atoms with Gasteiger partial charge in [-0.2, -0.15) is 0 Å². The van der Waals surface area contributed by atoms with Crippen molar-refractivity contribution < 1.29 is 20.5 Å². The number of rotatable bonds is 0. The van der Waals surface area contributed by atoms with Gasteiger partial charge in [0, 0.05) is 5.92 Å². The topological polar surface area (TPSA) is 0 Å². The van der Waals surface area contributed by atoms with Crippen LogP contribution in [0.1, 0.15) is 34.6 Å². The Morgan fingerprint density at radius 1 is 0.692 bits per heavy atom. The Labute approximate surface area is 99.9 Å². The molecule has 1 radical (unpaired) electrons. The SMILES string of the molecule is C[C]1C(C)=C(C)C(C)=C1C.[Cl][Hf][Cl]. The zero-order valence-corrected chi connectivity index (χ0v) is 13.9. The van der Waals surface area contributed by atoms with E-state index in [2.05, 4.69) is 34.6 Å². The molecule has 0 fully saturated rings. The zero-order chi connectivity index (χ0) is 10.6. The van der Waals surface area contributed by atoms with E-state index >= 15 is 0 Å². The van der Waals surface area contributed by atoms with Crippen molar-refractivity contribution in [3.05, 3.63) is 28.2 Å². The molecule has 1 aliphatic carbocycles. The molecule has 0 aromatic carbocycles. The van der Waals surface area contributed by atoms with E-state index < -0.39 is 20.5 Å². The van der Waals surface area contributed by atoms with Crippen molar-refractivity contribution in [3.8, 4) is 0 Å². The predicted molar refractivity (Wildman–Crippen MR) is 57.4 cm³/mol. The van der Waals surface area contributed by atoms with Crippen molar-refractivity contribution in [2.24, 2.45) is 0 Å². The molecule has 0 amide bonds. The van der Waals surface area contributed by atoms with E-state index in [-0.39, 0.29) is 0 Å². The summed E-state index contributed by atoms with van der Waals surface area (Å²) in [6, 6.07) is 0. The van der Waals surface area contributed by atoms with E-state index in [1.54, 1.807) is 0 Å². The van der Waals surface area contributed by atoms with Crippen molar-refractivity contribution >= 4 is 17.2 Å². The van der Waals surface area contributed by atoms with Crippen LogP contribution in [0.25, 0.3) is 0 Å². The predicted octanol–water partition coefficient (Wildman–Crippen LogP) is 4.64. The van der Waals surface area contributed by atoms with Gasteiger partial charge in [-0.1, -0.05) is 18.1 Å². The van der Waals surface area contributed by atoms with Gasteiger partial charge in [-0.25, -0.2) is 0 Å². The first kappa shape index (κ1) is 13.9. The van der Waals surface area contributed by atoms with Crippen LogP contribution in [0.3, 0.4) is 0 Å². The molecule has 3 heteroatoms. The molecule has 0 atom stereocenters. The van der Waals surface area contributed by atoms with Crippen molar-refractivity contribution in [1.29, 1.82) is 0 Å². The van der Waals surface area contributed by atoms with Gasteiger partial charge in [0.05, 0.1) is 0 Å². The molecule has 0 aliphatic heterocycles. The summed E-state index contributed by atoms with van der Waals surface area (Å²) < 4.78 is 0. The Morgan fingerprint density at radius 2 is 0.923 bits per heavy atom. The molecule has 0 N–H and O–H groups in total. The van der Waals surface area contributed by atoms with E-state index in [0.717, 1.165) is 0 Å². The molecule has 1 rings (SSSR count). The molecule has 0 aromatic heterocycles. The van der Waals surface area contributed by atoms with Crippen LogP contribution in [-0.2, 0) is 20.5 Å². The Kier molecular flexibility index (Phi) is 6.88. The second-order valence-electron chi connectivity index (χ2n) is 3.20. The fraction of sp³-hybridized carbons (Fsp3) is 0.500. The normalized spacial score (nSPS) is 17.5. The van der Waals surface area contributed by atoms with Gasteiger partial charge in [0.25, 0.3) is 0 Å². The van der Waals surface area contributed by atoms with Crippen molar-refractivity contribution in [2.45, 2.75) is 34.6 Å². The van der Waals surface area contributed by atoms with Gasteiger partial charge in [0.15, 0.2) is 0 Å². The molecule has 0 heterocycles. The van der Waals surface area contributed by atoms with Gasteiger partial charge in [-0.15, -0.1) is 0 Å². The van der Waals surface area contributed by atoms with E-state index in [9.17, 15) is 0 Å². The summed E-state index contributed by atoms with van der Waals surface area (Å²) in [4.78, 5) is 0. The van der Waals surface area contributed by atoms with Gasteiger partial charge in [-0.05, 0) is 38.8 Å². The third-order valence-electron chi connectivity index (χ3n) is 2.81. The summed E-state index contributed by atoms with van der Waals surface area (Å²) in [5.41, 5.74) is 5.87. The van der Waals surface area contributed by atoms with Gasteiger partial charge in [0.2, 0.25) is 0 Å². The van der Waals surface area contributed by atoms with Crippen LogP contribution in [0.5, 0.6) is 0 Å². The van der Waals surface area contributed by atoms with Crippen molar-refractivity contribution in [1.82, 2.24) is 0 Å². The van der Waals surface area contributed by atoms with Gasteiger partial charge in [0.1, 0.15) is 0 Å². The first-order valence-electron chi connectivity index (χ1n) is 4.13. The first-order chi connectivity index (χ1) is 5.97. The molecular formula is C10H15Cl2Hf. The number of hydrogen-bond donors (Lipinski definition) is 0. The van der Waals surface area contributed by atoms with E-state index in [0.29, 0.717) is 0 Å². The molecule has 0 nitrogen and oxygen atoms in total. The molecule has 0 spiro atoms. The van der Waals surface area contributed by atoms with Crippen LogP contribution in [-0.4, -0.2) is 0 Å². The minimum atomic E-state index is -0.972. The van der Waals surface area contributed by atoms with Crippen molar-refractivity contribution in [3.63, 3.8) is 0 Å². The van der Waals surface area contributed by atoms with E-state index in [4.69, 9.17) is 17.2 Å². The third kappa shape index (κ3) is 3.53. The fourth-order valence-electron chi connectivity index (χ4n) is 1.41. The maximum absolute atomic E-state index is 4.96. The monoisotopic (exact) mass is 385 g/mol. The Balaban J connectivity index is 0.000000424.